The second-order valence-corrected chi connectivity index (χ2v) is 16.3. The van der Waals surface area contributed by atoms with Crippen LogP contribution in [0.15, 0.2) is 35.7 Å². The van der Waals surface area contributed by atoms with Gasteiger partial charge in [-0.05, 0) is 69.0 Å². The Kier molecular flexibility index (Phi) is 17.3. The van der Waals surface area contributed by atoms with E-state index in [1.54, 1.807) is 5.38 Å². The van der Waals surface area contributed by atoms with Gasteiger partial charge in [0.2, 0.25) is 5.91 Å². The minimum atomic E-state index is -0.732. The third-order valence-corrected chi connectivity index (χ3v) is 11.3. The van der Waals surface area contributed by atoms with Crippen molar-refractivity contribution >= 4 is 34.9 Å². The maximum atomic E-state index is 14.6. The van der Waals surface area contributed by atoms with E-state index in [4.69, 9.17) is 9.72 Å². The quantitative estimate of drug-likeness (QED) is 0.138. The zero-order valence-corrected chi connectivity index (χ0v) is 33.5. The molecule has 2 heterocycles. The van der Waals surface area contributed by atoms with Crippen LogP contribution in [0, 0.1) is 23.7 Å². The van der Waals surface area contributed by atoms with Crippen LogP contribution < -0.4 is 5.32 Å². The summed E-state index contributed by atoms with van der Waals surface area (Å²) in [6.45, 7) is 17.5. The van der Waals surface area contributed by atoms with Crippen LogP contribution in [0.5, 0.6) is 0 Å². The number of nitrogens with zero attached hydrogens (tertiary/aromatic N) is 3. The number of thiazole rings is 1. The average molecular weight is 725 g/mol. The number of esters is 1. The third-order valence-electron chi connectivity index (χ3n) is 10.3. The average Bonchev–Trinajstić information content (AvgIpc) is 3.58. The lowest BCUT2D eigenvalue weighted by Gasteiger charge is -2.39. The van der Waals surface area contributed by atoms with Crippen molar-refractivity contribution in [1.29, 1.82) is 0 Å². The molecule has 1 aliphatic heterocycles. The topological polar surface area (TPSA) is 109 Å². The van der Waals surface area contributed by atoms with Gasteiger partial charge in [-0.15, -0.1) is 11.3 Å². The Morgan fingerprint density at radius 3 is 2.33 bits per heavy atom. The van der Waals surface area contributed by atoms with Crippen LogP contribution in [-0.2, 0) is 25.5 Å². The molecule has 51 heavy (non-hydrogen) atoms. The summed E-state index contributed by atoms with van der Waals surface area (Å²) in [5.41, 5.74) is 1.45. The monoisotopic (exact) mass is 724 g/mol. The van der Waals surface area contributed by atoms with Crippen molar-refractivity contribution in [1.82, 2.24) is 20.1 Å². The second-order valence-electron chi connectivity index (χ2n) is 15.4. The van der Waals surface area contributed by atoms with Crippen molar-refractivity contribution in [2.75, 3.05) is 20.1 Å². The highest BCUT2D eigenvalue weighted by Crippen LogP contribution is 2.33. The summed E-state index contributed by atoms with van der Waals surface area (Å²) in [5, 5.41) is 5.45. The van der Waals surface area contributed by atoms with Crippen LogP contribution in [0.1, 0.15) is 134 Å². The van der Waals surface area contributed by atoms with Gasteiger partial charge >= 0.3 is 5.97 Å². The molecular weight excluding hydrogens is 661 g/mol. The van der Waals surface area contributed by atoms with Crippen LogP contribution in [0.3, 0.4) is 0 Å². The first kappa shape index (κ1) is 42.3. The summed E-state index contributed by atoms with van der Waals surface area (Å²) in [5.74, 6) is -0.521. The highest BCUT2D eigenvalue weighted by Gasteiger charge is 2.38. The second kappa shape index (κ2) is 20.8. The number of ether oxygens (including phenoxy) is 1. The number of ketones is 1. The molecule has 2 amide bonds. The standard InChI is InChI=1S/C41H64N4O5S/c1-10-20-45(41(49)33(29(7)11-2)24-37(47)35-19-15-16-21-44(35)9)36(28(5)6)25-38(50-30(8)46)40-43-34(26-51-40)39(48)42-32(22-27(3)4)23-31-17-13-12-14-18-31/h12-14,17-18,26-29,32-33,35-36,38H,10-11,15-16,19-25H2,1-9H3,(H,42,48)/t29-,32+,33-,35+,36+,38+/m0/s1. The van der Waals surface area contributed by atoms with Crippen LogP contribution in [0.4, 0.5) is 0 Å². The van der Waals surface area contributed by atoms with E-state index in [1.807, 2.05) is 30.1 Å². The van der Waals surface area contributed by atoms with Crippen LogP contribution in [0.2, 0.25) is 0 Å². The predicted molar refractivity (Wildman–Crippen MR) is 206 cm³/mol. The number of hydrogen-bond acceptors (Lipinski definition) is 8. The minimum absolute atomic E-state index is 0.00731. The Balaban J connectivity index is 1.86. The molecule has 1 fully saturated rings. The fourth-order valence-corrected chi connectivity index (χ4v) is 8.22. The molecule has 1 saturated heterocycles. The molecule has 6 atom stereocenters. The van der Waals surface area contributed by atoms with E-state index in [0.29, 0.717) is 29.6 Å². The van der Waals surface area contributed by atoms with E-state index in [0.717, 1.165) is 57.1 Å². The predicted octanol–water partition coefficient (Wildman–Crippen LogP) is 7.89. The van der Waals surface area contributed by atoms with Gasteiger partial charge in [-0.25, -0.2) is 4.98 Å². The summed E-state index contributed by atoms with van der Waals surface area (Å²) in [6.07, 6.45) is 5.89. The number of carbonyl (C=O) groups excluding carboxylic acids is 4. The normalized spacial score (nSPS) is 18.1. The Bertz CT molecular complexity index is 1400. The zero-order chi connectivity index (χ0) is 37.7. The summed E-state index contributed by atoms with van der Waals surface area (Å²) in [6, 6.07) is 9.67. The highest BCUT2D eigenvalue weighted by molar-refractivity contribution is 7.09. The summed E-state index contributed by atoms with van der Waals surface area (Å²) >= 11 is 1.30. The first-order valence-electron chi connectivity index (χ1n) is 19.3. The van der Waals surface area contributed by atoms with Gasteiger partial charge in [0, 0.05) is 49.7 Å². The molecule has 9 nitrogen and oxygen atoms in total. The molecule has 10 heteroatoms. The number of likely N-dealkylation sites (tertiary alicyclic amines) is 1. The lowest BCUT2D eigenvalue weighted by Crippen LogP contribution is -2.50. The molecule has 0 unspecified atom stereocenters. The molecule has 0 bridgehead atoms. The van der Waals surface area contributed by atoms with Gasteiger partial charge in [0.05, 0.1) is 6.04 Å². The number of piperidine rings is 1. The van der Waals surface area contributed by atoms with Gasteiger partial charge in [-0.3, -0.25) is 24.1 Å². The van der Waals surface area contributed by atoms with Gasteiger partial charge in [0.1, 0.15) is 10.7 Å². The largest absolute Gasteiger partial charge is 0.455 e. The number of carbonyl (C=O) groups is 4. The van der Waals surface area contributed by atoms with Crippen LogP contribution in [0.25, 0.3) is 0 Å². The summed E-state index contributed by atoms with van der Waals surface area (Å²) in [7, 11) is 2.01. The number of rotatable bonds is 20. The zero-order valence-electron chi connectivity index (χ0n) is 32.7. The number of Topliss-reactive ketones (excluding diaryl/α,β-unsaturated/α-hetero) is 1. The highest BCUT2D eigenvalue weighted by atomic mass is 32.1. The third kappa shape index (κ3) is 12.8. The van der Waals surface area contributed by atoms with Gasteiger partial charge in [0.15, 0.2) is 11.9 Å². The molecule has 0 aliphatic carbocycles. The van der Waals surface area contributed by atoms with E-state index in [-0.39, 0.29) is 54.0 Å². The molecule has 3 rings (SSSR count). The van der Waals surface area contributed by atoms with Crippen molar-refractivity contribution < 1.29 is 23.9 Å². The van der Waals surface area contributed by atoms with E-state index in [2.05, 4.69) is 70.8 Å². The fourth-order valence-electron chi connectivity index (χ4n) is 7.38. The summed E-state index contributed by atoms with van der Waals surface area (Å²) in [4.78, 5) is 63.1. The molecular formula is C41H64N4O5S. The van der Waals surface area contributed by atoms with Crippen molar-refractivity contribution in [2.45, 2.75) is 137 Å². The molecule has 0 radical (unpaired) electrons. The fraction of sp³-hybridized carbons (Fsp3) is 0.683. The Labute approximate surface area is 311 Å². The lowest BCUT2D eigenvalue weighted by atomic mass is 9.82. The summed E-state index contributed by atoms with van der Waals surface area (Å²) < 4.78 is 5.90. The number of nitrogens with one attached hydrogen (secondary N) is 1. The lowest BCUT2D eigenvalue weighted by molar-refractivity contribution is -0.150. The molecule has 1 aromatic carbocycles. The number of amides is 2. The van der Waals surface area contributed by atoms with Crippen molar-refractivity contribution in [3.05, 3.63) is 52.0 Å². The smallest absolute Gasteiger partial charge is 0.303 e. The molecule has 1 aliphatic rings. The molecule has 0 spiro atoms. The minimum Gasteiger partial charge on any atom is -0.455 e. The van der Waals surface area contributed by atoms with E-state index < -0.39 is 18.0 Å². The number of aromatic nitrogens is 1. The SMILES string of the molecule is CCCN(C(=O)[C@@H](CC(=O)[C@H]1CCCCN1C)[C@@H](C)CC)[C@H](C[C@@H](OC(C)=O)c1nc(C(=O)N[C@@H](Cc2ccccc2)CC(C)C)cs1)C(C)C. The van der Waals surface area contributed by atoms with Gasteiger partial charge in [-0.2, -0.15) is 0 Å². The number of benzene rings is 1. The first-order chi connectivity index (χ1) is 24.2. The number of likely N-dealkylation sites (N-methyl/N-ethyl adjacent to an activating group) is 1. The van der Waals surface area contributed by atoms with Crippen LogP contribution >= 0.6 is 11.3 Å². The van der Waals surface area contributed by atoms with Gasteiger partial charge in [-0.1, -0.05) is 91.6 Å². The maximum Gasteiger partial charge on any atom is 0.303 e. The number of hydrogen-bond donors (Lipinski definition) is 1. The Hall–Kier alpha value is -3.11. The van der Waals surface area contributed by atoms with Crippen molar-refractivity contribution in [3.63, 3.8) is 0 Å². The molecule has 1 aromatic heterocycles. The Morgan fingerprint density at radius 1 is 1.04 bits per heavy atom. The Morgan fingerprint density at radius 2 is 1.75 bits per heavy atom. The van der Waals surface area contributed by atoms with Crippen molar-refractivity contribution in [3.8, 4) is 0 Å². The van der Waals surface area contributed by atoms with E-state index >= 15 is 0 Å². The molecule has 0 saturated carbocycles. The van der Waals surface area contributed by atoms with Gasteiger partial charge < -0.3 is 15.0 Å². The maximum absolute atomic E-state index is 14.6. The molecule has 284 valence electrons. The van der Waals surface area contributed by atoms with Gasteiger partial charge in [0.25, 0.3) is 5.91 Å². The van der Waals surface area contributed by atoms with E-state index in [1.165, 1.54) is 18.3 Å². The molecule has 1 N–H and O–H groups in total. The van der Waals surface area contributed by atoms with Crippen molar-refractivity contribution in [2.24, 2.45) is 23.7 Å². The van der Waals surface area contributed by atoms with E-state index in [9.17, 15) is 19.2 Å². The first-order valence-corrected chi connectivity index (χ1v) is 20.1. The van der Waals surface area contributed by atoms with Crippen LogP contribution in [-0.4, -0.2) is 76.6 Å². The molecule has 2 aromatic rings.